The minimum atomic E-state index is -4.80. The van der Waals surface area contributed by atoms with E-state index in [1.54, 1.807) is 6.92 Å². The predicted molar refractivity (Wildman–Crippen MR) is 69.3 cm³/mol. The van der Waals surface area contributed by atoms with Crippen molar-refractivity contribution in [2.45, 2.75) is 30.1 Å². The van der Waals surface area contributed by atoms with Crippen LogP contribution in [0, 0.1) is 0 Å². The molecule has 118 valence electrons. The third-order valence-corrected chi connectivity index (χ3v) is 4.77. The molecule has 21 heavy (non-hydrogen) atoms. The van der Waals surface area contributed by atoms with Gasteiger partial charge in [0.2, 0.25) is 10.0 Å². The lowest BCUT2D eigenvalue weighted by Gasteiger charge is -2.24. The van der Waals surface area contributed by atoms with Gasteiger partial charge in [-0.3, -0.25) is 0 Å². The van der Waals surface area contributed by atoms with Crippen LogP contribution in [0.25, 0.3) is 0 Å². The van der Waals surface area contributed by atoms with Gasteiger partial charge in [0.1, 0.15) is 5.75 Å². The molecule has 1 heterocycles. The largest absolute Gasteiger partial charge is 0.573 e. The van der Waals surface area contributed by atoms with Gasteiger partial charge in [-0.1, -0.05) is 0 Å². The zero-order chi connectivity index (χ0) is 15.7. The summed E-state index contributed by atoms with van der Waals surface area (Å²) in [4.78, 5) is -0.106. The van der Waals surface area contributed by atoms with Crippen molar-refractivity contribution in [3.8, 4) is 5.75 Å². The van der Waals surface area contributed by atoms with Crippen LogP contribution in [0.2, 0.25) is 0 Å². The number of rotatable bonds is 4. The Morgan fingerprint density at radius 3 is 2.38 bits per heavy atom. The molecule has 1 aromatic carbocycles. The molecule has 0 aromatic heterocycles. The summed E-state index contributed by atoms with van der Waals surface area (Å²) in [6.45, 7) is 2.98. The van der Waals surface area contributed by atoms with E-state index in [1.165, 1.54) is 0 Å². The number of hydrogen-bond donors (Lipinski definition) is 2. The van der Waals surface area contributed by atoms with Crippen molar-refractivity contribution in [1.82, 2.24) is 10.0 Å². The van der Waals surface area contributed by atoms with Crippen LogP contribution in [0.4, 0.5) is 13.2 Å². The van der Waals surface area contributed by atoms with E-state index in [9.17, 15) is 21.6 Å². The monoisotopic (exact) mass is 324 g/mol. The fourth-order valence-electron chi connectivity index (χ4n) is 2.11. The quantitative estimate of drug-likeness (QED) is 0.883. The number of alkyl halides is 3. The van der Waals surface area contributed by atoms with E-state index in [0.717, 1.165) is 24.3 Å². The summed E-state index contributed by atoms with van der Waals surface area (Å²) in [7, 11) is -3.79. The molecule has 1 aromatic rings. The Balaban J connectivity index is 2.13. The summed E-state index contributed by atoms with van der Waals surface area (Å²) in [5, 5.41) is 3.05. The molecule has 0 spiro atoms. The Morgan fingerprint density at radius 2 is 1.90 bits per heavy atom. The lowest BCUT2D eigenvalue weighted by Crippen LogP contribution is -2.47. The number of sulfonamides is 1. The smallest absolute Gasteiger partial charge is 0.406 e. The number of benzene rings is 1. The molecule has 0 saturated carbocycles. The van der Waals surface area contributed by atoms with E-state index >= 15 is 0 Å². The summed E-state index contributed by atoms with van der Waals surface area (Å²) >= 11 is 0. The van der Waals surface area contributed by atoms with Crippen molar-refractivity contribution < 1.29 is 26.3 Å². The summed E-state index contributed by atoms with van der Waals surface area (Å²) in [5.74, 6) is -0.463. The van der Waals surface area contributed by atoms with Crippen LogP contribution in [0.5, 0.6) is 5.75 Å². The van der Waals surface area contributed by atoms with Crippen molar-refractivity contribution in [3.63, 3.8) is 0 Å². The maximum absolute atomic E-state index is 12.2. The van der Waals surface area contributed by atoms with Crippen molar-refractivity contribution in [2.24, 2.45) is 0 Å². The van der Waals surface area contributed by atoms with Gasteiger partial charge in [0.05, 0.1) is 4.90 Å². The Morgan fingerprint density at radius 1 is 1.29 bits per heavy atom. The molecule has 0 radical (unpaired) electrons. The second-order valence-corrected chi connectivity index (χ2v) is 6.79. The third kappa shape index (κ3) is 4.32. The van der Waals surface area contributed by atoms with Crippen molar-refractivity contribution in [1.29, 1.82) is 0 Å². The number of halogens is 3. The highest BCUT2D eigenvalue weighted by molar-refractivity contribution is 7.89. The zero-order valence-corrected chi connectivity index (χ0v) is 12.0. The fraction of sp³-hybridized carbons (Fsp3) is 0.500. The Bertz CT molecular complexity index is 593. The molecular weight excluding hydrogens is 309 g/mol. The zero-order valence-electron chi connectivity index (χ0n) is 11.2. The van der Waals surface area contributed by atoms with Crippen molar-refractivity contribution in [2.75, 3.05) is 13.1 Å². The number of hydrogen-bond acceptors (Lipinski definition) is 4. The minimum absolute atomic E-state index is 0.106. The van der Waals surface area contributed by atoms with Gasteiger partial charge in [-0.25, -0.2) is 13.1 Å². The molecule has 1 unspecified atom stereocenters. The molecular formula is C12H15F3N2O3S. The lowest BCUT2D eigenvalue weighted by molar-refractivity contribution is -0.274. The van der Waals surface area contributed by atoms with E-state index in [0.29, 0.717) is 19.5 Å². The Hall–Kier alpha value is -1.32. The van der Waals surface area contributed by atoms with Crippen molar-refractivity contribution in [3.05, 3.63) is 24.3 Å². The SMILES string of the molecule is CC1(NS(=O)(=O)c2ccc(OC(F)(F)F)cc2)CCNC1. The van der Waals surface area contributed by atoms with E-state index in [4.69, 9.17) is 0 Å². The summed E-state index contributed by atoms with van der Waals surface area (Å²) in [6, 6.07) is 4.10. The minimum Gasteiger partial charge on any atom is -0.406 e. The average molecular weight is 324 g/mol. The maximum atomic E-state index is 12.2. The van der Waals surface area contributed by atoms with Crippen LogP contribution < -0.4 is 14.8 Å². The first-order valence-electron chi connectivity index (χ1n) is 6.20. The van der Waals surface area contributed by atoms with E-state index in [2.05, 4.69) is 14.8 Å². The molecule has 1 atom stereocenters. The fourth-order valence-corrected chi connectivity index (χ4v) is 3.54. The van der Waals surface area contributed by atoms with Gasteiger partial charge in [0, 0.05) is 12.1 Å². The summed E-state index contributed by atoms with van der Waals surface area (Å²) in [5.41, 5.74) is -0.597. The standard InChI is InChI=1S/C12H15F3N2O3S/c1-11(6-7-16-8-11)17-21(18,19)10-4-2-9(3-5-10)20-12(13,14)15/h2-5,16-17H,6-8H2,1H3. The molecule has 1 aliphatic rings. The van der Waals surface area contributed by atoms with Gasteiger partial charge >= 0.3 is 6.36 Å². The lowest BCUT2D eigenvalue weighted by atomic mass is 10.0. The number of nitrogens with one attached hydrogen (secondary N) is 2. The van der Waals surface area contributed by atoms with Gasteiger partial charge in [0.25, 0.3) is 0 Å². The molecule has 5 nitrogen and oxygen atoms in total. The van der Waals surface area contributed by atoms with Crippen LogP contribution in [-0.4, -0.2) is 33.4 Å². The molecule has 0 aliphatic carbocycles. The van der Waals surface area contributed by atoms with Gasteiger partial charge < -0.3 is 10.1 Å². The van der Waals surface area contributed by atoms with Gasteiger partial charge in [-0.15, -0.1) is 13.2 Å². The topological polar surface area (TPSA) is 67.4 Å². The molecule has 1 fully saturated rings. The molecule has 2 N–H and O–H groups in total. The van der Waals surface area contributed by atoms with Crippen LogP contribution in [0.3, 0.4) is 0 Å². The average Bonchev–Trinajstić information content (AvgIpc) is 2.73. The molecule has 0 amide bonds. The highest BCUT2D eigenvalue weighted by Crippen LogP contribution is 2.25. The first-order chi connectivity index (χ1) is 9.60. The predicted octanol–water partition coefficient (Wildman–Crippen LogP) is 1.62. The van der Waals surface area contributed by atoms with E-state index in [1.807, 2.05) is 0 Å². The van der Waals surface area contributed by atoms with Crippen LogP contribution in [0.15, 0.2) is 29.2 Å². The molecule has 0 bridgehead atoms. The van der Waals surface area contributed by atoms with E-state index in [-0.39, 0.29) is 4.90 Å². The Labute approximate surface area is 120 Å². The molecule has 2 rings (SSSR count). The highest BCUT2D eigenvalue weighted by Gasteiger charge is 2.34. The molecule has 9 heteroatoms. The van der Waals surface area contributed by atoms with Gasteiger partial charge in [-0.05, 0) is 44.2 Å². The van der Waals surface area contributed by atoms with Crippen LogP contribution in [0.1, 0.15) is 13.3 Å². The first-order valence-corrected chi connectivity index (χ1v) is 7.69. The number of ether oxygens (including phenoxy) is 1. The molecule has 1 aliphatic heterocycles. The van der Waals surface area contributed by atoms with Crippen LogP contribution >= 0.6 is 0 Å². The van der Waals surface area contributed by atoms with E-state index < -0.39 is 27.7 Å². The van der Waals surface area contributed by atoms with Gasteiger partial charge in [-0.2, -0.15) is 0 Å². The molecule has 1 saturated heterocycles. The highest BCUT2D eigenvalue weighted by atomic mass is 32.2. The first kappa shape index (κ1) is 16.1. The third-order valence-electron chi connectivity index (χ3n) is 3.12. The second kappa shape index (κ2) is 5.47. The van der Waals surface area contributed by atoms with Crippen molar-refractivity contribution >= 4 is 10.0 Å². The summed E-state index contributed by atoms with van der Waals surface area (Å²) in [6.07, 6.45) is -4.16. The summed E-state index contributed by atoms with van der Waals surface area (Å²) < 4.78 is 66.7. The van der Waals surface area contributed by atoms with Gasteiger partial charge in [0.15, 0.2) is 0 Å². The Kier molecular flexibility index (Phi) is 4.18. The maximum Gasteiger partial charge on any atom is 0.573 e. The normalized spacial score (nSPS) is 23.2. The van der Waals surface area contributed by atoms with Crippen LogP contribution in [-0.2, 0) is 10.0 Å². The second-order valence-electron chi connectivity index (χ2n) is 5.11.